The van der Waals surface area contributed by atoms with Crippen molar-refractivity contribution in [2.45, 2.75) is 13.5 Å². The van der Waals surface area contributed by atoms with E-state index in [0.29, 0.717) is 11.5 Å². The third kappa shape index (κ3) is 3.25. The van der Waals surface area contributed by atoms with Gasteiger partial charge in [-0.25, -0.2) is 14.4 Å². The second-order valence-corrected chi connectivity index (χ2v) is 4.02. The van der Waals surface area contributed by atoms with E-state index in [-0.39, 0.29) is 17.8 Å². The lowest BCUT2D eigenvalue weighted by molar-refractivity contribution is 0.0946. The highest BCUT2D eigenvalue weighted by atomic mass is 19.1. The molecule has 19 heavy (non-hydrogen) atoms. The summed E-state index contributed by atoms with van der Waals surface area (Å²) >= 11 is 0. The summed E-state index contributed by atoms with van der Waals surface area (Å²) < 4.78 is 13.5. The number of nitrogens with two attached hydrogens (primary N) is 1. The van der Waals surface area contributed by atoms with Crippen molar-refractivity contribution in [2.24, 2.45) is 0 Å². The van der Waals surface area contributed by atoms with E-state index in [2.05, 4.69) is 15.3 Å². The van der Waals surface area contributed by atoms with Gasteiger partial charge in [0.1, 0.15) is 11.6 Å². The summed E-state index contributed by atoms with van der Waals surface area (Å²) in [6, 6.07) is 5.63. The van der Waals surface area contributed by atoms with Crippen LogP contribution in [0.4, 0.5) is 10.1 Å². The SMILES string of the molecule is Cc1nccc(CNC(=O)c2ccc(N)cc2F)n1. The van der Waals surface area contributed by atoms with Crippen LogP contribution in [0, 0.1) is 12.7 Å². The van der Waals surface area contributed by atoms with Gasteiger partial charge in [0.25, 0.3) is 5.91 Å². The van der Waals surface area contributed by atoms with Crippen LogP contribution in [0.3, 0.4) is 0 Å². The highest BCUT2D eigenvalue weighted by Crippen LogP contribution is 2.11. The second-order valence-electron chi connectivity index (χ2n) is 4.02. The average molecular weight is 260 g/mol. The number of amides is 1. The van der Waals surface area contributed by atoms with E-state index in [4.69, 9.17) is 5.73 Å². The summed E-state index contributed by atoms with van der Waals surface area (Å²) in [7, 11) is 0. The lowest BCUT2D eigenvalue weighted by atomic mass is 10.2. The smallest absolute Gasteiger partial charge is 0.254 e. The molecule has 1 aromatic carbocycles. The summed E-state index contributed by atoms with van der Waals surface area (Å²) in [6.07, 6.45) is 1.60. The van der Waals surface area contributed by atoms with Gasteiger partial charge in [0, 0.05) is 11.9 Å². The minimum Gasteiger partial charge on any atom is -0.399 e. The Bertz CT molecular complexity index is 615. The Labute approximate surface area is 109 Å². The van der Waals surface area contributed by atoms with E-state index in [1.165, 1.54) is 12.1 Å². The van der Waals surface area contributed by atoms with Gasteiger partial charge >= 0.3 is 0 Å². The number of hydrogen-bond acceptors (Lipinski definition) is 4. The molecule has 0 saturated carbocycles. The molecule has 0 bridgehead atoms. The van der Waals surface area contributed by atoms with Crippen molar-refractivity contribution in [1.82, 2.24) is 15.3 Å². The van der Waals surface area contributed by atoms with Crippen molar-refractivity contribution in [1.29, 1.82) is 0 Å². The van der Waals surface area contributed by atoms with Crippen LogP contribution in [-0.4, -0.2) is 15.9 Å². The number of nitrogens with one attached hydrogen (secondary N) is 1. The van der Waals surface area contributed by atoms with E-state index in [0.717, 1.165) is 6.07 Å². The van der Waals surface area contributed by atoms with E-state index >= 15 is 0 Å². The first-order valence-corrected chi connectivity index (χ1v) is 5.68. The molecule has 1 heterocycles. The van der Waals surface area contributed by atoms with E-state index in [1.54, 1.807) is 19.2 Å². The fraction of sp³-hybridized carbons (Fsp3) is 0.154. The minimum atomic E-state index is -0.642. The molecule has 6 heteroatoms. The molecule has 2 rings (SSSR count). The van der Waals surface area contributed by atoms with E-state index in [1.807, 2.05) is 0 Å². The number of nitrogen functional groups attached to an aromatic ring is 1. The zero-order valence-corrected chi connectivity index (χ0v) is 10.4. The molecule has 0 aliphatic carbocycles. The van der Waals surface area contributed by atoms with Gasteiger partial charge in [-0.2, -0.15) is 0 Å². The van der Waals surface area contributed by atoms with Gasteiger partial charge in [-0.3, -0.25) is 4.79 Å². The third-order valence-corrected chi connectivity index (χ3v) is 2.50. The Kier molecular flexibility index (Phi) is 3.70. The maximum atomic E-state index is 13.5. The number of nitrogens with zero attached hydrogens (tertiary/aromatic N) is 2. The molecule has 1 amide bonds. The number of aromatic nitrogens is 2. The summed E-state index contributed by atoms with van der Waals surface area (Å²) in [5, 5.41) is 2.59. The first-order chi connectivity index (χ1) is 9.06. The van der Waals surface area contributed by atoms with Crippen molar-refractivity contribution >= 4 is 11.6 Å². The quantitative estimate of drug-likeness (QED) is 0.818. The first-order valence-electron chi connectivity index (χ1n) is 5.68. The Hall–Kier alpha value is -2.50. The number of carbonyl (C=O) groups is 1. The number of benzene rings is 1. The standard InChI is InChI=1S/C13H13FN4O/c1-8-16-5-4-10(18-8)7-17-13(19)11-3-2-9(15)6-12(11)14/h2-6H,7,15H2,1H3,(H,17,19). The molecular weight excluding hydrogens is 247 g/mol. The van der Waals surface area contributed by atoms with Crippen LogP contribution in [0.2, 0.25) is 0 Å². The Morgan fingerprint density at radius 2 is 2.21 bits per heavy atom. The molecule has 2 aromatic rings. The lowest BCUT2D eigenvalue weighted by Crippen LogP contribution is -2.24. The van der Waals surface area contributed by atoms with Gasteiger partial charge in [0.15, 0.2) is 0 Å². The molecule has 0 aliphatic rings. The molecule has 0 aliphatic heterocycles. The fourth-order valence-electron chi connectivity index (χ4n) is 1.59. The molecule has 0 spiro atoms. The molecule has 0 atom stereocenters. The molecule has 3 N–H and O–H groups in total. The number of hydrogen-bond donors (Lipinski definition) is 2. The van der Waals surface area contributed by atoms with Crippen molar-refractivity contribution in [3.8, 4) is 0 Å². The number of anilines is 1. The van der Waals surface area contributed by atoms with Crippen LogP contribution in [0.25, 0.3) is 0 Å². The number of rotatable bonds is 3. The fourth-order valence-corrected chi connectivity index (χ4v) is 1.59. The highest BCUT2D eigenvalue weighted by molar-refractivity contribution is 5.94. The van der Waals surface area contributed by atoms with Crippen LogP contribution in [0.1, 0.15) is 21.9 Å². The molecule has 0 saturated heterocycles. The third-order valence-electron chi connectivity index (χ3n) is 2.50. The van der Waals surface area contributed by atoms with Gasteiger partial charge in [0.2, 0.25) is 0 Å². The molecule has 5 nitrogen and oxygen atoms in total. The van der Waals surface area contributed by atoms with Gasteiger partial charge in [0.05, 0.1) is 17.8 Å². The van der Waals surface area contributed by atoms with Crippen LogP contribution >= 0.6 is 0 Å². The number of aryl methyl sites for hydroxylation is 1. The maximum Gasteiger partial charge on any atom is 0.254 e. The van der Waals surface area contributed by atoms with Crippen LogP contribution in [0.15, 0.2) is 30.5 Å². The van der Waals surface area contributed by atoms with E-state index < -0.39 is 11.7 Å². The maximum absolute atomic E-state index is 13.5. The number of carbonyl (C=O) groups excluding carboxylic acids is 1. The van der Waals surface area contributed by atoms with Gasteiger partial charge < -0.3 is 11.1 Å². The normalized spacial score (nSPS) is 10.2. The molecule has 1 aromatic heterocycles. The summed E-state index contributed by atoms with van der Waals surface area (Å²) in [5.74, 6) is -0.532. The average Bonchev–Trinajstić information content (AvgIpc) is 2.36. The van der Waals surface area contributed by atoms with Crippen molar-refractivity contribution in [3.63, 3.8) is 0 Å². The summed E-state index contributed by atoms with van der Waals surface area (Å²) in [6.45, 7) is 1.97. The molecule has 0 unspecified atom stereocenters. The Morgan fingerprint density at radius 1 is 1.42 bits per heavy atom. The van der Waals surface area contributed by atoms with Crippen molar-refractivity contribution in [3.05, 3.63) is 53.4 Å². The van der Waals surface area contributed by atoms with Gasteiger partial charge in [-0.1, -0.05) is 0 Å². The van der Waals surface area contributed by atoms with Crippen LogP contribution in [0.5, 0.6) is 0 Å². The largest absolute Gasteiger partial charge is 0.399 e. The predicted octanol–water partition coefficient (Wildman–Crippen LogP) is 1.44. The van der Waals surface area contributed by atoms with Crippen LogP contribution < -0.4 is 11.1 Å². The van der Waals surface area contributed by atoms with Crippen LogP contribution in [-0.2, 0) is 6.54 Å². The van der Waals surface area contributed by atoms with Crippen molar-refractivity contribution < 1.29 is 9.18 Å². The Balaban J connectivity index is 2.05. The molecule has 0 radical (unpaired) electrons. The van der Waals surface area contributed by atoms with Gasteiger partial charge in [-0.05, 0) is 31.2 Å². The second kappa shape index (κ2) is 5.43. The van der Waals surface area contributed by atoms with Gasteiger partial charge in [-0.15, -0.1) is 0 Å². The van der Waals surface area contributed by atoms with E-state index in [9.17, 15) is 9.18 Å². The monoisotopic (exact) mass is 260 g/mol. The van der Waals surface area contributed by atoms with Crippen molar-refractivity contribution in [2.75, 3.05) is 5.73 Å². The zero-order chi connectivity index (χ0) is 13.8. The summed E-state index contributed by atoms with van der Waals surface area (Å²) in [5.41, 5.74) is 6.32. The topological polar surface area (TPSA) is 80.9 Å². The molecular formula is C13H13FN4O. The molecule has 98 valence electrons. The highest BCUT2D eigenvalue weighted by Gasteiger charge is 2.11. The summed E-state index contributed by atoms with van der Waals surface area (Å²) in [4.78, 5) is 19.9. The number of halogens is 1. The minimum absolute atomic E-state index is 0.0417. The predicted molar refractivity (Wildman–Crippen MR) is 68.8 cm³/mol. The molecule has 0 fully saturated rings. The Morgan fingerprint density at radius 3 is 2.89 bits per heavy atom. The zero-order valence-electron chi connectivity index (χ0n) is 10.4. The lowest BCUT2D eigenvalue weighted by Gasteiger charge is -2.06. The first kappa shape index (κ1) is 12.9.